The van der Waals surface area contributed by atoms with Crippen molar-refractivity contribution in [2.45, 2.75) is 6.92 Å². The van der Waals surface area contributed by atoms with E-state index in [-0.39, 0.29) is 11.5 Å². The van der Waals surface area contributed by atoms with Crippen LogP contribution >= 0.6 is 24.0 Å². The quantitative estimate of drug-likeness (QED) is 0.594. The zero-order valence-corrected chi connectivity index (χ0v) is 12.7. The maximum Gasteiger partial charge on any atom is 0.220 e. The van der Waals surface area contributed by atoms with Crippen LogP contribution in [0.5, 0.6) is 11.5 Å². The van der Waals surface area contributed by atoms with Gasteiger partial charge in [-0.15, -0.1) is 0 Å². The van der Waals surface area contributed by atoms with Gasteiger partial charge in [0.25, 0.3) is 0 Å². The van der Waals surface area contributed by atoms with Crippen molar-refractivity contribution < 1.29 is 19.0 Å². The van der Waals surface area contributed by atoms with Crippen LogP contribution in [0.2, 0.25) is 0 Å². The van der Waals surface area contributed by atoms with Gasteiger partial charge in [-0.3, -0.25) is 4.79 Å². The highest BCUT2D eigenvalue weighted by Crippen LogP contribution is 2.28. The fourth-order valence-corrected chi connectivity index (χ4v) is 2.29. The van der Waals surface area contributed by atoms with Crippen molar-refractivity contribution in [1.29, 1.82) is 0 Å². The maximum absolute atomic E-state index is 12.0. The number of ether oxygens (including phenoxy) is 3. The van der Waals surface area contributed by atoms with Crippen molar-refractivity contribution >= 4 is 34.1 Å². The van der Waals surface area contributed by atoms with E-state index in [1.165, 1.54) is 18.9 Å². The van der Waals surface area contributed by atoms with Crippen molar-refractivity contribution in [2.24, 2.45) is 0 Å². The number of ketones is 1. The number of thioether (sulfide) groups is 1. The summed E-state index contributed by atoms with van der Waals surface area (Å²) in [6.45, 7) is 2.36. The number of hydrogen-bond donors (Lipinski definition) is 0. The van der Waals surface area contributed by atoms with Gasteiger partial charge in [-0.25, -0.2) is 0 Å². The summed E-state index contributed by atoms with van der Waals surface area (Å²) < 4.78 is 15.8. The number of rotatable bonds is 6. The van der Waals surface area contributed by atoms with Crippen LogP contribution in [0.4, 0.5) is 0 Å². The molecule has 104 valence electrons. The van der Waals surface area contributed by atoms with Crippen LogP contribution in [-0.2, 0) is 4.74 Å². The molecule has 1 aromatic rings. The number of carbonyl (C=O) groups is 1. The molecule has 0 aliphatic carbocycles. The second kappa shape index (κ2) is 8.01. The lowest BCUT2D eigenvalue weighted by Crippen LogP contribution is -2.06. The Labute approximate surface area is 122 Å². The van der Waals surface area contributed by atoms with Crippen LogP contribution < -0.4 is 9.47 Å². The van der Waals surface area contributed by atoms with Crippen molar-refractivity contribution in [1.82, 2.24) is 0 Å². The minimum atomic E-state index is -0.0343. The number of methoxy groups -OCH3 is 2. The lowest BCUT2D eigenvalue weighted by Gasteiger charge is -2.09. The maximum atomic E-state index is 12.0. The summed E-state index contributed by atoms with van der Waals surface area (Å²) in [5, 5.41) is 0. The molecule has 0 heterocycles. The van der Waals surface area contributed by atoms with Gasteiger partial charge in [0.1, 0.15) is 0 Å². The van der Waals surface area contributed by atoms with Gasteiger partial charge < -0.3 is 14.2 Å². The Hall–Kier alpha value is -1.27. The van der Waals surface area contributed by atoms with E-state index >= 15 is 0 Å². The average Bonchev–Trinajstić information content (AvgIpc) is 2.44. The lowest BCUT2D eigenvalue weighted by atomic mass is 10.1. The number of carbonyl (C=O) groups excluding carboxylic acids is 1. The molecule has 0 radical (unpaired) electrons. The average molecular weight is 300 g/mol. The van der Waals surface area contributed by atoms with Gasteiger partial charge in [0.15, 0.2) is 17.3 Å². The minimum absolute atomic E-state index is 0.0343. The summed E-state index contributed by atoms with van der Waals surface area (Å²) in [6, 6.07) is 5.07. The third-order valence-electron chi connectivity index (χ3n) is 2.29. The summed E-state index contributed by atoms with van der Waals surface area (Å²) in [4.78, 5) is 12.0. The molecule has 0 aliphatic rings. The van der Waals surface area contributed by atoms with Crippen LogP contribution in [0.15, 0.2) is 18.2 Å². The summed E-state index contributed by atoms with van der Waals surface area (Å²) in [6.07, 6.45) is 0. The molecule has 6 heteroatoms. The Balaban J connectivity index is 2.69. The van der Waals surface area contributed by atoms with Crippen LogP contribution in [-0.4, -0.2) is 36.7 Å². The van der Waals surface area contributed by atoms with E-state index in [2.05, 4.69) is 0 Å². The van der Waals surface area contributed by atoms with Gasteiger partial charge in [0, 0.05) is 5.56 Å². The zero-order valence-electron chi connectivity index (χ0n) is 11.1. The molecule has 0 unspecified atom stereocenters. The summed E-state index contributed by atoms with van der Waals surface area (Å²) in [5.41, 5.74) is 0.560. The van der Waals surface area contributed by atoms with Gasteiger partial charge in [0.2, 0.25) is 4.38 Å². The van der Waals surface area contributed by atoms with Crippen LogP contribution in [0.25, 0.3) is 0 Å². The smallest absolute Gasteiger partial charge is 0.220 e. The standard InChI is InChI=1S/C13H16O4S2/c1-4-17-13(18)19-8-10(14)9-5-6-11(15-2)12(7-9)16-3/h5-7H,4,8H2,1-3H3. The topological polar surface area (TPSA) is 44.8 Å². The van der Waals surface area contributed by atoms with Gasteiger partial charge in [-0.1, -0.05) is 11.8 Å². The van der Waals surface area contributed by atoms with Gasteiger partial charge in [-0.05, 0) is 37.3 Å². The molecule has 0 amide bonds. The van der Waals surface area contributed by atoms with Crippen molar-refractivity contribution in [3.8, 4) is 11.5 Å². The predicted molar refractivity (Wildman–Crippen MR) is 80.6 cm³/mol. The Morgan fingerprint density at radius 2 is 1.95 bits per heavy atom. The first kappa shape index (κ1) is 15.8. The molecule has 0 saturated heterocycles. The normalized spacial score (nSPS) is 9.84. The number of thiocarbonyl (C=S) groups is 1. The molecule has 0 bridgehead atoms. The van der Waals surface area contributed by atoms with E-state index in [1.807, 2.05) is 6.92 Å². The molecule has 0 aliphatic heterocycles. The minimum Gasteiger partial charge on any atom is -0.493 e. The third-order valence-corrected chi connectivity index (χ3v) is 3.52. The number of benzene rings is 1. The second-order valence-corrected chi connectivity index (χ2v) is 5.04. The van der Waals surface area contributed by atoms with Gasteiger partial charge >= 0.3 is 0 Å². The molecule has 19 heavy (non-hydrogen) atoms. The van der Waals surface area contributed by atoms with E-state index in [9.17, 15) is 4.79 Å². The fraction of sp³-hybridized carbons (Fsp3) is 0.385. The van der Waals surface area contributed by atoms with E-state index in [0.29, 0.717) is 28.1 Å². The van der Waals surface area contributed by atoms with Crippen molar-refractivity contribution in [3.63, 3.8) is 0 Å². The molecule has 0 spiro atoms. The molecule has 4 nitrogen and oxygen atoms in total. The molecular weight excluding hydrogens is 284 g/mol. The lowest BCUT2D eigenvalue weighted by molar-refractivity contribution is 0.102. The first-order valence-corrected chi connectivity index (χ1v) is 7.06. The Bertz CT molecular complexity index is 460. The fourth-order valence-electron chi connectivity index (χ4n) is 1.38. The van der Waals surface area contributed by atoms with Gasteiger partial charge in [-0.2, -0.15) is 0 Å². The Morgan fingerprint density at radius 1 is 1.26 bits per heavy atom. The first-order chi connectivity index (χ1) is 9.12. The molecule has 0 fully saturated rings. The number of hydrogen-bond acceptors (Lipinski definition) is 6. The highest BCUT2D eigenvalue weighted by molar-refractivity contribution is 8.23. The first-order valence-electron chi connectivity index (χ1n) is 5.67. The largest absolute Gasteiger partial charge is 0.493 e. The summed E-state index contributed by atoms with van der Waals surface area (Å²) >= 11 is 6.17. The zero-order chi connectivity index (χ0) is 14.3. The molecule has 0 saturated carbocycles. The highest BCUT2D eigenvalue weighted by atomic mass is 32.2. The summed E-state index contributed by atoms with van der Waals surface area (Å²) in [5.74, 6) is 1.34. The predicted octanol–water partition coefficient (Wildman–Crippen LogP) is 2.94. The van der Waals surface area contributed by atoms with Gasteiger partial charge in [0.05, 0.1) is 26.6 Å². The van der Waals surface area contributed by atoms with E-state index in [1.54, 1.807) is 25.3 Å². The monoisotopic (exact) mass is 300 g/mol. The Morgan fingerprint density at radius 3 is 2.53 bits per heavy atom. The highest BCUT2D eigenvalue weighted by Gasteiger charge is 2.12. The van der Waals surface area contributed by atoms with Crippen molar-refractivity contribution in [2.75, 3.05) is 26.6 Å². The molecule has 1 rings (SSSR count). The van der Waals surface area contributed by atoms with E-state index < -0.39 is 0 Å². The van der Waals surface area contributed by atoms with E-state index in [4.69, 9.17) is 26.4 Å². The Kier molecular flexibility index (Phi) is 6.66. The molecule has 0 N–H and O–H groups in total. The molecular formula is C13H16O4S2. The molecule has 0 atom stereocenters. The van der Waals surface area contributed by atoms with Crippen LogP contribution in [0.1, 0.15) is 17.3 Å². The SMILES string of the molecule is CCOC(=S)SCC(=O)c1ccc(OC)c(OC)c1. The van der Waals surface area contributed by atoms with Crippen molar-refractivity contribution in [3.05, 3.63) is 23.8 Å². The van der Waals surface area contributed by atoms with E-state index in [0.717, 1.165) is 0 Å². The van der Waals surface area contributed by atoms with Crippen LogP contribution in [0.3, 0.4) is 0 Å². The second-order valence-electron chi connectivity index (χ2n) is 3.46. The third kappa shape index (κ3) is 4.72. The summed E-state index contributed by atoms with van der Waals surface area (Å²) in [7, 11) is 3.08. The molecule has 0 aromatic heterocycles. The number of Topliss-reactive ketones (excluding diaryl/α,β-unsaturated/α-hetero) is 1. The van der Waals surface area contributed by atoms with Crippen LogP contribution in [0, 0.1) is 0 Å². The molecule has 1 aromatic carbocycles.